The summed E-state index contributed by atoms with van der Waals surface area (Å²) in [5.41, 5.74) is 8.73. The first-order valence-electron chi connectivity index (χ1n) is 14.2. The van der Waals surface area contributed by atoms with E-state index in [0.717, 1.165) is 53.2 Å². The van der Waals surface area contributed by atoms with Gasteiger partial charge in [-0.05, 0) is 76.7 Å². The molecule has 3 aliphatic heterocycles. The summed E-state index contributed by atoms with van der Waals surface area (Å²) in [5.74, 6) is 0.178. The summed E-state index contributed by atoms with van der Waals surface area (Å²) in [6.45, 7) is 15.0. The van der Waals surface area contributed by atoms with E-state index >= 15 is 0 Å². The number of allylic oxidation sites excluding steroid dienone is 2. The third-order valence-corrected chi connectivity index (χ3v) is 8.95. The molecule has 1 aromatic rings. The zero-order valence-electron chi connectivity index (χ0n) is 22.8. The predicted molar refractivity (Wildman–Crippen MR) is 150 cm³/mol. The number of rotatable bonds is 6. The van der Waals surface area contributed by atoms with Crippen LogP contribution < -0.4 is 5.32 Å². The van der Waals surface area contributed by atoms with Gasteiger partial charge in [-0.1, -0.05) is 44.4 Å². The highest BCUT2D eigenvalue weighted by Gasteiger charge is 2.37. The average Bonchev–Trinajstić information content (AvgIpc) is 3.38. The second-order valence-corrected chi connectivity index (χ2v) is 11.4. The lowest BCUT2D eigenvalue weighted by atomic mass is 9.90. The molecule has 2 saturated heterocycles. The highest BCUT2D eigenvalue weighted by Crippen LogP contribution is 2.42. The number of fused-ring (bicyclic) bond motifs is 1. The first-order chi connectivity index (χ1) is 17.4. The summed E-state index contributed by atoms with van der Waals surface area (Å²) in [4.78, 5) is 20.8. The maximum Gasteiger partial charge on any atom is 0.254 e. The lowest BCUT2D eigenvalue weighted by Gasteiger charge is -2.47. The first-order valence-corrected chi connectivity index (χ1v) is 14.2. The Bertz CT molecular complexity index is 1080. The van der Waals surface area contributed by atoms with Crippen molar-refractivity contribution in [2.75, 3.05) is 38.5 Å². The molecule has 0 unspecified atom stereocenters. The smallest absolute Gasteiger partial charge is 0.254 e. The van der Waals surface area contributed by atoms with E-state index in [1.165, 1.54) is 69.3 Å². The number of anilines is 1. The second-order valence-electron chi connectivity index (χ2n) is 11.4. The summed E-state index contributed by atoms with van der Waals surface area (Å²) in [6, 6.07) is 5.39. The van der Waals surface area contributed by atoms with Gasteiger partial charge in [0, 0.05) is 60.3 Å². The minimum absolute atomic E-state index is 0.178. The number of benzene rings is 1. The van der Waals surface area contributed by atoms with Crippen molar-refractivity contribution in [1.82, 2.24) is 14.7 Å². The van der Waals surface area contributed by atoms with Crippen LogP contribution in [-0.2, 0) is 0 Å². The van der Waals surface area contributed by atoms with Crippen molar-refractivity contribution in [3.8, 4) is 0 Å². The highest BCUT2D eigenvalue weighted by molar-refractivity contribution is 5.99. The van der Waals surface area contributed by atoms with Crippen molar-refractivity contribution in [2.45, 2.75) is 84.2 Å². The van der Waals surface area contributed by atoms with Crippen LogP contribution in [0.3, 0.4) is 0 Å². The average molecular weight is 489 g/mol. The maximum atomic E-state index is 13.7. The maximum absolute atomic E-state index is 13.7. The minimum Gasteiger partial charge on any atom is -0.371 e. The number of hydrogen-bond acceptors (Lipinski definition) is 4. The summed E-state index contributed by atoms with van der Waals surface area (Å²) in [7, 11) is 2.24. The van der Waals surface area contributed by atoms with Crippen molar-refractivity contribution in [2.24, 2.45) is 0 Å². The third kappa shape index (κ3) is 4.74. The molecule has 0 aromatic heterocycles. The molecule has 1 aromatic carbocycles. The third-order valence-electron chi connectivity index (χ3n) is 8.95. The van der Waals surface area contributed by atoms with Gasteiger partial charge in [-0.25, -0.2) is 0 Å². The van der Waals surface area contributed by atoms with Gasteiger partial charge in [0.1, 0.15) is 0 Å². The standard InChI is InChI=1S/C31H44N4O/c1-6-21(2)16-27-23(4)32-29-17-22(3)26(18-28(29)30(27)33(5)24-12-8-9-13-24)31(36)35-19-25(20-35)34-14-10-7-11-15-34/h16-18,24-25,32H,4,6-15,19-20H2,1-3,5H3/b21-16-. The monoisotopic (exact) mass is 488 g/mol. The van der Waals surface area contributed by atoms with Gasteiger partial charge < -0.3 is 15.1 Å². The van der Waals surface area contributed by atoms with E-state index in [-0.39, 0.29) is 5.91 Å². The van der Waals surface area contributed by atoms with Gasteiger partial charge in [0.05, 0.1) is 5.70 Å². The van der Waals surface area contributed by atoms with Crippen LogP contribution in [0.25, 0.3) is 5.70 Å². The number of carbonyl (C=O) groups excluding carboxylic acids is 1. The van der Waals surface area contributed by atoms with Crippen LogP contribution in [0.1, 0.15) is 86.7 Å². The molecule has 4 aliphatic rings. The minimum atomic E-state index is 0.178. The molecule has 1 aliphatic carbocycles. The Morgan fingerprint density at radius 1 is 1.14 bits per heavy atom. The Balaban J connectivity index is 1.48. The van der Waals surface area contributed by atoms with Crippen LogP contribution in [0.4, 0.5) is 5.69 Å². The molecule has 0 radical (unpaired) electrons. The molecule has 1 saturated carbocycles. The van der Waals surface area contributed by atoms with Crippen LogP contribution in [0, 0.1) is 6.92 Å². The van der Waals surface area contributed by atoms with E-state index < -0.39 is 0 Å². The van der Waals surface area contributed by atoms with Gasteiger partial charge in [0.25, 0.3) is 5.91 Å². The van der Waals surface area contributed by atoms with Gasteiger partial charge in [0.15, 0.2) is 0 Å². The van der Waals surface area contributed by atoms with Crippen molar-refractivity contribution < 1.29 is 4.79 Å². The fourth-order valence-electron chi connectivity index (χ4n) is 6.42. The normalized spacial score (nSPS) is 21.9. The molecule has 5 heteroatoms. The number of amides is 1. The second kappa shape index (κ2) is 10.5. The lowest BCUT2D eigenvalue weighted by molar-refractivity contribution is 0.0203. The molecule has 1 N–H and O–H groups in total. The van der Waals surface area contributed by atoms with E-state index in [2.05, 4.69) is 72.6 Å². The van der Waals surface area contributed by atoms with E-state index in [4.69, 9.17) is 0 Å². The number of nitrogens with zero attached hydrogens (tertiary/aromatic N) is 3. The van der Waals surface area contributed by atoms with Gasteiger partial charge in [0.2, 0.25) is 0 Å². The quantitative estimate of drug-likeness (QED) is 0.518. The zero-order chi connectivity index (χ0) is 25.4. The highest BCUT2D eigenvalue weighted by atomic mass is 16.2. The lowest BCUT2D eigenvalue weighted by Crippen LogP contribution is -2.61. The fraction of sp³-hybridized carbons (Fsp3) is 0.581. The molecule has 0 atom stereocenters. The molecular weight excluding hydrogens is 444 g/mol. The van der Waals surface area contributed by atoms with E-state index in [0.29, 0.717) is 12.1 Å². The fourth-order valence-corrected chi connectivity index (χ4v) is 6.42. The number of likely N-dealkylation sites (tertiary alicyclic amines) is 2. The Kier molecular flexibility index (Phi) is 7.30. The van der Waals surface area contributed by atoms with Crippen LogP contribution in [0.2, 0.25) is 0 Å². The van der Waals surface area contributed by atoms with Gasteiger partial charge in [-0.2, -0.15) is 0 Å². The van der Waals surface area contributed by atoms with Gasteiger partial charge in [-0.15, -0.1) is 0 Å². The molecule has 0 spiro atoms. The molecule has 3 fully saturated rings. The van der Waals surface area contributed by atoms with Crippen molar-refractivity contribution in [3.63, 3.8) is 0 Å². The SMILES string of the molecule is C=C1Nc2cc(C)c(C(=O)N3CC(N4CCCCC4)C3)cc2C(N(C)C2CCCC2)=C1/C=C(/C)CC. The number of piperidine rings is 1. The molecule has 0 bridgehead atoms. The molecule has 5 rings (SSSR count). The van der Waals surface area contributed by atoms with E-state index in [9.17, 15) is 4.79 Å². The van der Waals surface area contributed by atoms with Crippen LogP contribution >= 0.6 is 0 Å². The Labute approximate surface area is 217 Å². The number of nitrogens with one attached hydrogen (secondary N) is 1. The summed E-state index contributed by atoms with van der Waals surface area (Å²) in [5, 5.41) is 3.57. The van der Waals surface area contributed by atoms with Crippen molar-refractivity contribution >= 4 is 17.3 Å². The molecule has 36 heavy (non-hydrogen) atoms. The zero-order valence-corrected chi connectivity index (χ0v) is 22.8. The topological polar surface area (TPSA) is 38.8 Å². The number of aryl methyl sites for hydroxylation is 1. The molecule has 3 heterocycles. The Morgan fingerprint density at radius 3 is 2.50 bits per heavy atom. The molecule has 5 nitrogen and oxygen atoms in total. The first kappa shape index (κ1) is 25.1. The number of hydrogen-bond donors (Lipinski definition) is 1. The van der Waals surface area contributed by atoms with E-state index in [1.54, 1.807) is 0 Å². The van der Waals surface area contributed by atoms with Gasteiger partial charge >= 0.3 is 0 Å². The van der Waals surface area contributed by atoms with Crippen LogP contribution in [0.5, 0.6) is 0 Å². The summed E-state index contributed by atoms with van der Waals surface area (Å²) >= 11 is 0. The predicted octanol–water partition coefficient (Wildman–Crippen LogP) is 6.19. The van der Waals surface area contributed by atoms with E-state index in [1.807, 2.05) is 0 Å². The Morgan fingerprint density at radius 2 is 1.83 bits per heavy atom. The Hall–Kier alpha value is -2.53. The molecule has 194 valence electrons. The van der Waals surface area contributed by atoms with Gasteiger partial charge in [-0.3, -0.25) is 9.69 Å². The van der Waals surface area contributed by atoms with Crippen LogP contribution in [0.15, 0.2) is 41.6 Å². The molecular formula is C31H44N4O. The largest absolute Gasteiger partial charge is 0.371 e. The summed E-state index contributed by atoms with van der Waals surface area (Å²) < 4.78 is 0. The van der Waals surface area contributed by atoms with Crippen molar-refractivity contribution in [1.29, 1.82) is 0 Å². The molecule has 1 amide bonds. The van der Waals surface area contributed by atoms with Crippen LogP contribution in [-0.4, -0.2) is 65.9 Å². The number of carbonyl (C=O) groups is 1. The summed E-state index contributed by atoms with van der Waals surface area (Å²) in [6.07, 6.45) is 12.3. The van der Waals surface area contributed by atoms with Crippen molar-refractivity contribution in [3.05, 3.63) is 58.3 Å².